The van der Waals surface area contributed by atoms with Crippen LogP contribution in [0.5, 0.6) is 0 Å². The zero-order valence-electron chi connectivity index (χ0n) is 14.8. The van der Waals surface area contributed by atoms with Gasteiger partial charge in [-0.3, -0.25) is 4.98 Å². The van der Waals surface area contributed by atoms with Crippen LogP contribution in [-0.2, 0) is 12.7 Å². The van der Waals surface area contributed by atoms with E-state index in [2.05, 4.69) is 10.1 Å². The molecule has 4 nitrogen and oxygen atoms in total. The van der Waals surface area contributed by atoms with Gasteiger partial charge in [0.25, 0.3) is 0 Å². The molecule has 0 fully saturated rings. The minimum absolute atomic E-state index is 0.244. The van der Waals surface area contributed by atoms with Crippen LogP contribution in [0.2, 0.25) is 0 Å². The minimum atomic E-state index is -4.35. The van der Waals surface area contributed by atoms with Gasteiger partial charge in [0.1, 0.15) is 0 Å². The summed E-state index contributed by atoms with van der Waals surface area (Å²) in [4.78, 5) is 4.02. The lowest BCUT2D eigenvalue weighted by atomic mass is 10.2. The topological polar surface area (TPSA) is 56.7 Å². The SMILES string of the molecule is CC.CC.NCc1nn(-c2ccc(C(F)(F)F)cc2)c2cnccc12. The second-order valence-electron chi connectivity index (χ2n) is 4.50. The summed E-state index contributed by atoms with van der Waals surface area (Å²) in [6.45, 7) is 8.24. The maximum Gasteiger partial charge on any atom is 0.416 e. The molecule has 136 valence electrons. The summed E-state index contributed by atoms with van der Waals surface area (Å²) in [6.07, 6.45) is -1.12. The van der Waals surface area contributed by atoms with Crippen molar-refractivity contribution in [3.05, 3.63) is 54.0 Å². The molecule has 0 spiro atoms. The van der Waals surface area contributed by atoms with Crippen molar-refractivity contribution in [3.63, 3.8) is 0 Å². The van der Waals surface area contributed by atoms with E-state index in [9.17, 15) is 13.2 Å². The zero-order chi connectivity index (χ0) is 19.0. The van der Waals surface area contributed by atoms with Crippen LogP contribution in [-0.4, -0.2) is 14.8 Å². The highest BCUT2D eigenvalue weighted by Gasteiger charge is 2.30. The van der Waals surface area contributed by atoms with Crippen LogP contribution in [0.1, 0.15) is 39.0 Å². The van der Waals surface area contributed by atoms with E-state index in [1.165, 1.54) is 12.1 Å². The Kier molecular flexibility index (Phi) is 7.57. The highest BCUT2D eigenvalue weighted by molar-refractivity contribution is 5.82. The lowest BCUT2D eigenvalue weighted by Crippen LogP contribution is -2.05. The number of hydrogen-bond acceptors (Lipinski definition) is 3. The van der Waals surface area contributed by atoms with Gasteiger partial charge >= 0.3 is 6.18 Å². The van der Waals surface area contributed by atoms with Gasteiger partial charge in [0.15, 0.2) is 0 Å². The first-order valence-electron chi connectivity index (χ1n) is 8.20. The van der Waals surface area contributed by atoms with Crippen molar-refractivity contribution in [2.75, 3.05) is 0 Å². The number of aromatic nitrogens is 3. The molecule has 7 heteroatoms. The third-order valence-electron chi connectivity index (χ3n) is 3.19. The number of nitrogens with zero attached hydrogens (tertiary/aromatic N) is 3. The molecule has 2 N–H and O–H groups in total. The first kappa shape index (κ1) is 20.6. The van der Waals surface area contributed by atoms with Crippen LogP contribution >= 0.6 is 0 Å². The Morgan fingerprint density at radius 3 is 2.12 bits per heavy atom. The first-order valence-corrected chi connectivity index (χ1v) is 8.20. The van der Waals surface area contributed by atoms with E-state index in [1.807, 2.05) is 27.7 Å². The molecule has 2 heterocycles. The van der Waals surface area contributed by atoms with Gasteiger partial charge in [-0.1, -0.05) is 27.7 Å². The molecule has 0 aliphatic heterocycles. The highest BCUT2D eigenvalue weighted by Crippen LogP contribution is 2.30. The molecule has 0 aliphatic rings. The first-order chi connectivity index (χ1) is 12.0. The van der Waals surface area contributed by atoms with Gasteiger partial charge in [-0.25, -0.2) is 4.68 Å². The summed E-state index contributed by atoms with van der Waals surface area (Å²) >= 11 is 0. The van der Waals surface area contributed by atoms with Crippen molar-refractivity contribution < 1.29 is 13.2 Å². The van der Waals surface area contributed by atoms with Crippen LogP contribution in [0.25, 0.3) is 16.6 Å². The Bertz CT molecular complexity index is 777. The molecule has 0 bridgehead atoms. The summed E-state index contributed by atoms with van der Waals surface area (Å²) in [5.74, 6) is 0. The average Bonchev–Trinajstić information content (AvgIpc) is 3.03. The fraction of sp³-hybridized carbons (Fsp3) is 0.333. The monoisotopic (exact) mass is 352 g/mol. The van der Waals surface area contributed by atoms with Crippen LogP contribution in [0.4, 0.5) is 13.2 Å². The maximum atomic E-state index is 12.6. The third kappa shape index (κ3) is 4.57. The van der Waals surface area contributed by atoms with E-state index in [0.717, 1.165) is 17.5 Å². The van der Waals surface area contributed by atoms with Gasteiger partial charge in [0, 0.05) is 18.1 Å². The third-order valence-corrected chi connectivity index (χ3v) is 3.19. The highest BCUT2D eigenvalue weighted by atomic mass is 19.4. The van der Waals surface area contributed by atoms with E-state index < -0.39 is 11.7 Å². The normalized spacial score (nSPS) is 10.6. The Hall–Kier alpha value is -2.41. The standard InChI is InChI=1S/C14H11F3N4.2C2H6/c15-14(16,17)9-1-3-10(4-2-9)21-13-8-19-6-5-11(13)12(7-18)20-21;2*1-2/h1-6,8H,7,18H2;2*1-2H3. The van der Waals surface area contributed by atoms with E-state index in [0.29, 0.717) is 16.9 Å². The molecule has 0 saturated carbocycles. The molecule has 3 rings (SSSR count). The molecule has 3 aromatic rings. The lowest BCUT2D eigenvalue weighted by molar-refractivity contribution is -0.137. The zero-order valence-corrected chi connectivity index (χ0v) is 14.8. The quantitative estimate of drug-likeness (QED) is 0.710. The van der Waals surface area contributed by atoms with Crippen molar-refractivity contribution in [2.45, 2.75) is 40.4 Å². The predicted molar refractivity (Wildman–Crippen MR) is 94.5 cm³/mol. The van der Waals surface area contributed by atoms with Crippen LogP contribution in [0.3, 0.4) is 0 Å². The van der Waals surface area contributed by atoms with Crippen LogP contribution < -0.4 is 5.73 Å². The number of alkyl halides is 3. The van der Waals surface area contributed by atoms with E-state index >= 15 is 0 Å². The molecule has 2 aromatic heterocycles. The van der Waals surface area contributed by atoms with Gasteiger partial charge in [-0.2, -0.15) is 18.3 Å². The summed E-state index contributed by atoms with van der Waals surface area (Å²) in [5.41, 5.74) is 6.86. The number of pyridine rings is 1. The molecule has 0 atom stereocenters. The van der Waals surface area contributed by atoms with Crippen LogP contribution in [0, 0.1) is 0 Å². The van der Waals surface area contributed by atoms with Crippen molar-refractivity contribution in [1.82, 2.24) is 14.8 Å². The van der Waals surface area contributed by atoms with Crippen LogP contribution in [0.15, 0.2) is 42.7 Å². The predicted octanol–water partition coefficient (Wildman–Crippen LogP) is 4.95. The molecular weight excluding hydrogens is 329 g/mol. The van der Waals surface area contributed by atoms with Gasteiger partial charge in [0.05, 0.1) is 28.7 Å². The Morgan fingerprint density at radius 2 is 1.60 bits per heavy atom. The summed E-state index contributed by atoms with van der Waals surface area (Å²) in [5, 5.41) is 5.18. The Balaban J connectivity index is 0.000000730. The second kappa shape index (κ2) is 9.17. The second-order valence-corrected chi connectivity index (χ2v) is 4.50. The van der Waals surface area contributed by atoms with Gasteiger partial charge in [0.2, 0.25) is 0 Å². The molecular formula is C18H23F3N4. The number of hydrogen-bond donors (Lipinski definition) is 1. The van der Waals surface area contributed by atoms with E-state index in [-0.39, 0.29) is 6.54 Å². The number of nitrogens with two attached hydrogens (primary N) is 1. The number of fused-ring (bicyclic) bond motifs is 1. The van der Waals surface area contributed by atoms with Gasteiger partial charge < -0.3 is 5.73 Å². The molecule has 0 aliphatic carbocycles. The number of benzene rings is 1. The van der Waals surface area contributed by atoms with Crippen molar-refractivity contribution in [1.29, 1.82) is 0 Å². The molecule has 1 aromatic carbocycles. The largest absolute Gasteiger partial charge is 0.416 e. The summed E-state index contributed by atoms with van der Waals surface area (Å²) in [7, 11) is 0. The Labute approximate surface area is 145 Å². The molecule has 0 amide bonds. The molecule has 25 heavy (non-hydrogen) atoms. The molecule has 0 radical (unpaired) electrons. The van der Waals surface area contributed by atoms with E-state index in [4.69, 9.17) is 5.73 Å². The Morgan fingerprint density at radius 1 is 1.00 bits per heavy atom. The fourth-order valence-corrected chi connectivity index (χ4v) is 2.17. The molecule has 0 unspecified atom stereocenters. The van der Waals surface area contributed by atoms with Gasteiger partial charge in [-0.05, 0) is 30.3 Å². The van der Waals surface area contributed by atoms with Gasteiger partial charge in [-0.15, -0.1) is 0 Å². The van der Waals surface area contributed by atoms with Crippen molar-refractivity contribution >= 4 is 10.9 Å². The maximum absolute atomic E-state index is 12.6. The van der Waals surface area contributed by atoms with Crippen molar-refractivity contribution in [3.8, 4) is 5.69 Å². The number of halogens is 3. The summed E-state index contributed by atoms with van der Waals surface area (Å²) < 4.78 is 39.3. The average molecular weight is 352 g/mol. The molecule has 0 saturated heterocycles. The minimum Gasteiger partial charge on any atom is -0.325 e. The smallest absolute Gasteiger partial charge is 0.325 e. The summed E-state index contributed by atoms with van der Waals surface area (Å²) in [6, 6.07) is 6.60. The lowest BCUT2D eigenvalue weighted by Gasteiger charge is -2.08. The fourth-order valence-electron chi connectivity index (χ4n) is 2.17. The van der Waals surface area contributed by atoms with Crippen molar-refractivity contribution in [2.24, 2.45) is 5.73 Å². The van der Waals surface area contributed by atoms with E-state index in [1.54, 1.807) is 23.1 Å². The number of rotatable bonds is 2.